The van der Waals surface area contributed by atoms with Gasteiger partial charge in [-0.2, -0.15) is 0 Å². The van der Waals surface area contributed by atoms with Gasteiger partial charge in [-0.1, -0.05) is 23.7 Å². The number of thiazole rings is 1. The summed E-state index contributed by atoms with van der Waals surface area (Å²) in [5, 5.41) is 8.35. The Bertz CT molecular complexity index is 577. The van der Waals surface area contributed by atoms with E-state index < -0.39 is 0 Å². The molecule has 0 bridgehead atoms. The van der Waals surface area contributed by atoms with Crippen LogP contribution in [0.3, 0.4) is 0 Å². The van der Waals surface area contributed by atoms with Crippen LogP contribution in [-0.4, -0.2) is 18.0 Å². The molecule has 1 heterocycles. The molecule has 0 saturated carbocycles. The van der Waals surface area contributed by atoms with Crippen LogP contribution in [0.25, 0.3) is 0 Å². The molecular weight excluding hydrogens is 292 g/mol. The van der Waals surface area contributed by atoms with Gasteiger partial charge < -0.3 is 10.6 Å². The van der Waals surface area contributed by atoms with Crippen molar-refractivity contribution in [2.75, 3.05) is 7.05 Å². The second-order valence-electron chi connectivity index (χ2n) is 4.25. The lowest BCUT2D eigenvalue weighted by atomic mass is 10.2. The molecule has 20 heavy (non-hydrogen) atoms. The van der Waals surface area contributed by atoms with E-state index in [4.69, 9.17) is 11.6 Å². The number of aliphatic imine (C=N–C) groups is 1. The Labute approximate surface area is 127 Å². The van der Waals surface area contributed by atoms with Crippen LogP contribution in [0.1, 0.15) is 15.4 Å². The largest absolute Gasteiger partial charge is 0.352 e. The predicted octanol–water partition coefficient (Wildman–Crippen LogP) is 2.97. The third-order valence-corrected chi connectivity index (χ3v) is 3.86. The summed E-state index contributed by atoms with van der Waals surface area (Å²) in [5.74, 6) is 0.769. The lowest BCUT2D eigenvalue weighted by Crippen LogP contribution is -2.36. The standard InChI is InChI=1S/C14H17ClN4S/c1-10-17-8-13(20-10)9-19-14(16-2)18-7-11-3-5-12(15)6-4-11/h3-6,8H,7,9H2,1-2H3,(H2,16,18,19). The molecule has 1 aromatic carbocycles. The number of halogens is 1. The van der Waals surface area contributed by atoms with Gasteiger partial charge in [0.1, 0.15) is 0 Å². The summed E-state index contributed by atoms with van der Waals surface area (Å²) in [4.78, 5) is 9.61. The highest BCUT2D eigenvalue weighted by Gasteiger charge is 2.01. The van der Waals surface area contributed by atoms with E-state index in [1.54, 1.807) is 18.4 Å². The third-order valence-electron chi connectivity index (χ3n) is 2.70. The number of rotatable bonds is 4. The molecule has 2 aromatic rings. The van der Waals surface area contributed by atoms with E-state index in [9.17, 15) is 0 Å². The average molecular weight is 309 g/mol. The molecule has 0 amide bonds. The van der Waals surface area contributed by atoms with Crippen LogP contribution in [0, 0.1) is 6.92 Å². The van der Waals surface area contributed by atoms with E-state index >= 15 is 0 Å². The van der Waals surface area contributed by atoms with Crippen molar-refractivity contribution >= 4 is 28.9 Å². The molecule has 0 radical (unpaired) electrons. The molecule has 0 saturated heterocycles. The molecule has 0 atom stereocenters. The second-order valence-corrected chi connectivity index (χ2v) is 6.01. The first-order chi connectivity index (χ1) is 9.67. The zero-order valence-electron chi connectivity index (χ0n) is 11.5. The number of aryl methyl sites for hydroxylation is 1. The number of nitrogens with zero attached hydrogens (tertiary/aromatic N) is 2. The van der Waals surface area contributed by atoms with Crippen molar-refractivity contribution in [1.29, 1.82) is 0 Å². The first kappa shape index (κ1) is 14.8. The van der Waals surface area contributed by atoms with Crippen LogP contribution >= 0.6 is 22.9 Å². The monoisotopic (exact) mass is 308 g/mol. The smallest absolute Gasteiger partial charge is 0.191 e. The third kappa shape index (κ3) is 4.51. The van der Waals surface area contributed by atoms with Crippen molar-refractivity contribution in [3.05, 3.63) is 50.9 Å². The number of hydrogen-bond acceptors (Lipinski definition) is 3. The van der Waals surface area contributed by atoms with E-state index in [2.05, 4.69) is 20.6 Å². The molecule has 0 aliphatic carbocycles. The SMILES string of the molecule is CN=C(NCc1ccc(Cl)cc1)NCc1cnc(C)s1. The number of nitrogens with one attached hydrogen (secondary N) is 2. The first-order valence-electron chi connectivity index (χ1n) is 6.27. The fourth-order valence-electron chi connectivity index (χ4n) is 1.67. The quantitative estimate of drug-likeness (QED) is 0.674. The average Bonchev–Trinajstić information content (AvgIpc) is 2.87. The summed E-state index contributed by atoms with van der Waals surface area (Å²) in [6.07, 6.45) is 1.89. The van der Waals surface area contributed by atoms with E-state index in [0.29, 0.717) is 6.54 Å². The van der Waals surface area contributed by atoms with Gasteiger partial charge in [0.25, 0.3) is 0 Å². The summed E-state index contributed by atoms with van der Waals surface area (Å²) in [5.41, 5.74) is 1.16. The predicted molar refractivity (Wildman–Crippen MR) is 85.3 cm³/mol. The van der Waals surface area contributed by atoms with Crippen LogP contribution in [0.4, 0.5) is 0 Å². The van der Waals surface area contributed by atoms with Crippen molar-refractivity contribution in [2.24, 2.45) is 4.99 Å². The Kier molecular flexibility index (Phi) is 5.38. The lowest BCUT2D eigenvalue weighted by molar-refractivity contribution is 0.814. The zero-order chi connectivity index (χ0) is 14.4. The fourth-order valence-corrected chi connectivity index (χ4v) is 2.53. The van der Waals surface area contributed by atoms with Crippen molar-refractivity contribution in [3.8, 4) is 0 Å². The topological polar surface area (TPSA) is 49.3 Å². The molecule has 106 valence electrons. The fraction of sp³-hybridized carbons (Fsp3) is 0.286. The molecule has 0 aliphatic rings. The van der Waals surface area contributed by atoms with Crippen LogP contribution < -0.4 is 10.6 Å². The normalized spacial score (nSPS) is 11.4. The van der Waals surface area contributed by atoms with Crippen molar-refractivity contribution in [3.63, 3.8) is 0 Å². The van der Waals surface area contributed by atoms with Crippen LogP contribution in [0.5, 0.6) is 0 Å². The van der Waals surface area contributed by atoms with E-state index in [1.807, 2.05) is 37.4 Å². The van der Waals surface area contributed by atoms with Gasteiger partial charge in [-0.05, 0) is 24.6 Å². The number of aromatic nitrogens is 1. The highest BCUT2D eigenvalue weighted by molar-refractivity contribution is 7.11. The Morgan fingerprint density at radius 1 is 1.25 bits per heavy atom. The summed E-state index contributed by atoms with van der Waals surface area (Å²) in [7, 11) is 1.76. The van der Waals surface area contributed by atoms with Gasteiger partial charge in [0, 0.05) is 29.7 Å². The van der Waals surface area contributed by atoms with Gasteiger partial charge >= 0.3 is 0 Å². The van der Waals surface area contributed by atoms with Crippen molar-refractivity contribution in [2.45, 2.75) is 20.0 Å². The van der Waals surface area contributed by atoms with Crippen LogP contribution in [0.2, 0.25) is 5.02 Å². The Hall–Kier alpha value is -1.59. The molecule has 0 fully saturated rings. The van der Waals surface area contributed by atoms with Gasteiger partial charge in [-0.25, -0.2) is 4.98 Å². The zero-order valence-corrected chi connectivity index (χ0v) is 13.1. The molecule has 0 aliphatic heterocycles. The Morgan fingerprint density at radius 3 is 2.55 bits per heavy atom. The minimum atomic E-state index is 0.707. The molecule has 0 spiro atoms. The Balaban J connectivity index is 1.82. The van der Waals surface area contributed by atoms with E-state index in [1.165, 1.54) is 4.88 Å². The summed E-state index contributed by atoms with van der Waals surface area (Å²) >= 11 is 7.55. The first-order valence-corrected chi connectivity index (χ1v) is 7.47. The van der Waals surface area contributed by atoms with Gasteiger partial charge in [0.15, 0.2) is 5.96 Å². The number of guanidine groups is 1. The highest BCUT2D eigenvalue weighted by atomic mass is 35.5. The summed E-state index contributed by atoms with van der Waals surface area (Å²) in [6.45, 7) is 3.44. The number of hydrogen-bond donors (Lipinski definition) is 2. The molecule has 2 N–H and O–H groups in total. The molecular formula is C14H17ClN4S. The van der Waals surface area contributed by atoms with Gasteiger partial charge in [0.2, 0.25) is 0 Å². The number of benzene rings is 1. The lowest BCUT2D eigenvalue weighted by Gasteiger charge is -2.11. The highest BCUT2D eigenvalue weighted by Crippen LogP contribution is 2.11. The molecule has 4 nitrogen and oxygen atoms in total. The van der Waals surface area contributed by atoms with Crippen LogP contribution in [0.15, 0.2) is 35.5 Å². The molecule has 2 rings (SSSR count). The minimum absolute atomic E-state index is 0.707. The van der Waals surface area contributed by atoms with Gasteiger partial charge in [-0.15, -0.1) is 11.3 Å². The van der Waals surface area contributed by atoms with E-state index in [0.717, 1.165) is 28.1 Å². The van der Waals surface area contributed by atoms with Crippen molar-refractivity contribution in [1.82, 2.24) is 15.6 Å². The minimum Gasteiger partial charge on any atom is -0.352 e. The Morgan fingerprint density at radius 2 is 1.95 bits per heavy atom. The van der Waals surface area contributed by atoms with E-state index in [-0.39, 0.29) is 0 Å². The second kappa shape index (κ2) is 7.26. The maximum Gasteiger partial charge on any atom is 0.191 e. The molecule has 6 heteroatoms. The van der Waals surface area contributed by atoms with Gasteiger partial charge in [0.05, 0.1) is 11.6 Å². The van der Waals surface area contributed by atoms with Crippen molar-refractivity contribution < 1.29 is 0 Å². The molecule has 0 unspecified atom stereocenters. The molecule has 1 aromatic heterocycles. The summed E-state index contributed by atoms with van der Waals surface area (Å²) in [6, 6.07) is 7.76. The summed E-state index contributed by atoms with van der Waals surface area (Å²) < 4.78 is 0. The maximum absolute atomic E-state index is 5.86. The van der Waals surface area contributed by atoms with Crippen LogP contribution in [-0.2, 0) is 13.1 Å². The maximum atomic E-state index is 5.86. The van der Waals surface area contributed by atoms with Gasteiger partial charge in [-0.3, -0.25) is 4.99 Å².